The largest absolute Gasteiger partial charge is 0.388 e. The van der Waals surface area contributed by atoms with Crippen LogP contribution < -0.4 is 15.5 Å². The van der Waals surface area contributed by atoms with E-state index in [1.165, 1.54) is 11.1 Å². The molecule has 7 nitrogen and oxygen atoms in total. The number of nitrogens with one attached hydrogen (secondary N) is 2. The molecule has 0 saturated carbocycles. The topological polar surface area (TPSA) is 90.4 Å². The van der Waals surface area contributed by atoms with Crippen LogP contribution in [0.25, 0.3) is 0 Å². The Morgan fingerprint density at radius 2 is 1.81 bits per heavy atom. The molecule has 0 aliphatic heterocycles. The zero-order valence-electron chi connectivity index (χ0n) is 17.3. The number of anilines is 4. The Bertz CT molecular complexity index is 1060. The van der Waals surface area contributed by atoms with Crippen molar-refractivity contribution in [3.8, 4) is 0 Å². The lowest BCUT2D eigenvalue weighted by Gasteiger charge is -2.27. The summed E-state index contributed by atoms with van der Waals surface area (Å²) in [6, 6.07) is 14.9. The second-order valence-corrected chi connectivity index (χ2v) is 8.25. The molecule has 2 amide bonds. The van der Waals surface area contributed by atoms with Crippen molar-refractivity contribution in [2.45, 2.75) is 32.4 Å². The maximum atomic E-state index is 13.3. The minimum atomic E-state index is -0.987. The van der Waals surface area contributed by atoms with Crippen LogP contribution in [0, 0.1) is 0 Å². The average molecular weight is 460 g/mol. The molecule has 1 heterocycles. The Balaban J connectivity index is 1.96. The Labute approximate surface area is 191 Å². The highest BCUT2D eigenvalue weighted by atomic mass is 35.5. The fraction of sp³-hybridized carbons (Fsp3) is 0.227. The third-order valence-electron chi connectivity index (χ3n) is 4.69. The summed E-state index contributed by atoms with van der Waals surface area (Å²) >= 11 is 12.3. The maximum absolute atomic E-state index is 13.3. The molecule has 1 atom stereocenters. The van der Waals surface area contributed by atoms with E-state index >= 15 is 0 Å². The second-order valence-electron chi connectivity index (χ2n) is 7.46. The molecule has 3 aromatic rings. The number of carbonyl (C=O) groups is 1. The lowest BCUT2D eigenvalue weighted by atomic mass is 10.0. The van der Waals surface area contributed by atoms with Crippen molar-refractivity contribution < 1.29 is 9.90 Å². The number of rotatable bonds is 6. The molecule has 0 unspecified atom stereocenters. The Morgan fingerprint density at radius 1 is 1.10 bits per heavy atom. The van der Waals surface area contributed by atoms with E-state index in [1.54, 1.807) is 50.2 Å². The van der Waals surface area contributed by atoms with Crippen molar-refractivity contribution in [2.75, 3.05) is 15.5 Å². The van der Waals surface area contributed by atoms with Crippen LogP contribution in [0.3, 0.4) is 0 Å². The third-order valence-corrected chi connectivity index (χ3v) is 5.50. The number of urea groups is 1. The van der Waals surface area contributed by atoms with Crippen molar-refractivity contribution in [3.63, 3.8) is 0 Å². The van der Waals surface area contributed by atoms with Crippen LogP contribution in [0.2, 0.25) is 10.0 Å². The first-order valence-corrected chi connectivity index (χ1v) is 10.3. The molecule has 0 bridgehead atoms. The van der Waals surface area contributed by atoms with Gasteiger partial charge in [0.15, 0.2) is 0 Å². The highest BCUT2D eigenvalue weighted by Gasteiger charge is 2.24. The van der Waals surface area contributed by atoms with Gasteiger partial charge in [-0.25, -0.2) is 14.7 Å². The SMILES string of the molecule is C[C@H](Nc1nccc(N(C(=O)Nc2cccc(Cl)c2Cl)c2ccccc2)n1)C(C)(C)O. The van der Waals surface area contributed by atoms with Crippen LogP contribution in [-0.2, 0) is 0 Å². The number of amides is 2. The van der Waals surface area contributed by atoms with Crippen LogP contribution in [0.1, 0.15) is 20.8 Å². The van der Waals surface area contributed by atoms with Crippen LogP contribution in [0.5, 0.6) is 0 Å². The van der Waals surface area contributed by atoms with Crippen LogP contribution in [-0.4, -0.2) is 32.7 Å². The van der Waals surface area contributed by atoms with E-state index in [0.717, 1.165) is 0 Å². The van der Waals surface area contributed by atoms with Gasteiger partial charge in [-0.2, -0.15) is 4.98 Å². The van der Waals surface area contributed by atoms with Gasteiger partial charge in [-0.3, -0.25) is 0 Å². The van der Waals surface area contributed by atoms with Gasteiger partial charge in [0, 0.05) is 12.3 Å². The second kappa shape index (κ2) is 9.51. The van der Waals surface area contributed by atoms with Crippen LogP contribution in [0.4, 0.5) is 27.9 Å². The first kappa shape index (κ1) is 22.8. The molecule has 0 spiro atoms. The molecular formula is C22H23Cl2N5O2. The summed E-state index contributed by atoms with van der Waals surface area (Å²) < 4.78 is 0. The lowest BCUT2D eigenvalue weighted by molar-refractivity contribution is 0.0646. The zero-order chi connectivity index (χ0) is 22.6. The van der Waals surface area contributed by atoms with Crippen molar-refractivity contribution in [1.82, 2.24) is 9.97 Å². The predicted octanol–water partition coefficient (Wildman–Crippen LogP) is 5.72. The van der Waals surface area contributed by atoms with E-state index in [4.69, 9.17) is 23.2 Å². The number of nitrogens with zero attached hydrogens (tertiary/aromatic N) is 3. The average Bonchev–Trinajstić information content (AvgIpc) is 2.72. The smallest absolute Gasteiger partial charge is 0.332 e. The molecule has 31 heavy (non-hydrogen) atoms. The number of para-hydroxylation sites is 1. The summed E-state index contributed by atoms with van der Waals surface area (Å²) in [4.78, 5) is 23.3. The maximum Gasteiger partial charge on any atom is 0.332 e. The highest BCUT2D eigenvalue weighted by Crippen LogP contribution is 2.31. The van der Waals surface area contributed by atoms with Crippen molar-refractivity contribution in [1.29, 1.82) is 0 Å². The van der Waals surface area contributed by atoms with Gasteiger partial charge >= 0.3 is 6.03 Å². The van der Waals surface area contributed by atoms with E-state index in [2.05, 4.69) is 20.6 Å². The van der Waals surface area contributed by atoms with Gasteiger partial charge in [0.2, 0.25) is 5.95 Å². The molecule has 1 aromatic heterocycles. The third kappa shape index (κ3) is 5.64. The molecule has 9 heteroatoms. The van der Waals surface area contributed by atoms with E-state index in [-0.39, 0.29) is 17.0 Å². The summed E-state index contributed by atoms with van der Waals surface area (Å²) in [5.74, 6) is 0.615. The fourth-order valence-corrected chi connectivity index (χ4v) is 2.96. The molecule has 3 rings (SSSR count). The quantitative estimate of drug-likeness (QED) is 0.438. The van der Waals surface area contributed by atoms with E-state index in [9.17, 15) is 9.90 Å². The monoisotopic (exact) mass is 459 g/mol. The molecule has 0 saturated heterocycles. The summed E-state index contributed by atoms with van der Waals surface area (Å²) in [6.45, 7) is 5.19. The van der Waals surface area contributed by atoms with Crippen LogP contribution >= 0.6 is 23.2 Å². The summed E-state index contributed by atoms with van der Waals surface area (Å²) in [6.07, 6.45) is 1.54. The Hall–Kier alpha value is -2.87. The molecule has 0 fully saturated rings. The summed E-state index contributed by atoms with van der Waals surface area (Å²) in [7, 11) is 0. The minimum Gasteiger partial charge on any atom is -0.388 e. The fourth-order valence-electron chi connectivity index (χ4n) is 2.62. The van der Waals surface area contributed by atoms with Gasteiger partial charge in [0.05, 0.1) is 33.1 Å². The number of carbonyl (C=O) groups excluding carboxylic acids is 1. The molecule has 0 radical (unpaired) electrons. The van der Waals surface area contributed by atoms with E-state index in [1.807, 2.05) is 25.1 Å². The Kier molecular flexibility index (Phi) is 7.00. The molecule has 0 aliphatic rings. The number of hydrogen-bond acceptors (Lipinski definition) is 5. The summed E-state index contributed by atoms with van der Waals surface area (Å²) in [5.41, 5.74) is -0.0133. The molecule has 3 N–H and O–H groups in total. The zero-order valence-corrected chi connectivity index (χ0v) is 18.8. The minimum absolute atomic E-state index is 0.245. The standard InChI is InChI=1S/C22H23Cl2N5O2/c1-14(22(2,3)31)26-20-25-13-12-18(28-20)29(15-8-5-4-6-9-15)21(30)27-17-11-7-10-16(23)19(17)24/h4-14,31H,1-3H3,(H,27,30)(H,25,26,28)/t14-/m0/s1. The normalized spacial score (nSPS) is 12.2. The number of aliphatic hydroxyl groups is 1. The van der Waals surface area contributed by atoms with E-state index < -0.39 is 11.6 Å². The number of aromatic nitrogens is 2. The van der Waals surface area contributed by atoms with Crippen molar-refractivity contribution in [3.05, 3.63) is 70.8 Å². The van der Waals surface area contributed by atoms with Crippen LogP contribution in [0.15, 0.2) is 60.8 Å². The van der Waals surface area contributed by atoms with Gasteiger partial charge in [0.1, 0.15) is 5.82 Å². The highest BCUT2D eigenvalue weighted by molar-refractivity contribution is 6.44. The van der Waals surface area contributed by atoms with Gasteiger partial charge in [-0.05, 0) is 45.0 Å². The predicted molar refractivity (Wildman–Crippen MR) is 125 cm³/mol. The first-order valence-electron chi connectivity index (χ1n) is 9.59. The number of benzene rings is 2. The number of hydrogen-bond donors (Lipinski definition) is 3. The van der Waals surface area contributed by atoms with Gasteiger partial charge in [-0.1, -0.05) is 47.5 Å². The molecular weight excluding hydrogens is 437 g/mol. The Morgan fingerprint density at radius 3 is 2.48 bits per heavy atom. The molecule has 2 aromatic carbocycles. The van der Waals surface area contributed by atoms with Crippen molar-refractivity contribution >= 4 is 52.4 Å². The number of halogens is 2. The van der Waals surface area contributed by atoms with Gasteiger partial charge < -0.3 is 15.7 Å². The molecule has 162 valence electrons. The van der Waals surface area contributed by atoms with E-state index in [0.29, 0.717) is 22.2 Å². The van der Waals surface area contributed by atoms with Gasteiger partial charge in [-0.15, -0.1) is 0 Å². The summed E-state index contributed by atoms with van der Waals surface area (Å²) in [5, 5.41) is 16.6. The van der Waals surface area contributed by atoms with Gasteiger partial charge in [0.25, 0.3) is 0 Å². The lowest BCUT2D eigenvalue weighted by Crippen LogP contribution is -2.40. The van der Waals surface area contributed by atoms with Crippen molar-refractivity contribution in [2.24, 2.45) is 0 Å². The molecule has 0 aliphatic carbocycles. The first-order chi connectivity index (χ1) is 14.7.